The molecule has 0 N–H and O–H groups in total. The van der Waals surface area contributed by atoms with Crippen LogP contribution in [-0.2, 0) is 201 Å². The Morgan fingerprint density at radius 2 is 0.264 bits per heavy atom. The van der Waals surface area contributed by atoms with Crippen molar-refractivity contribution in [3.63, 3.8) is 0 Å². The molecule has 0 aromatic heterocycles. The SMILES string of the molecule is COC[C@H]1O[C@@H]2O[C@H]3[C@H](OC)[C@@H](OC)[C@@H](O[C@H]4[C@H](OC)[C@@H](OC)[C@@H](O[C@H]5[C@H](OC)[C@@H](OC)[C@@H](O[C@H]6[C@H](OC)[C@@H](OC)[C@@H](O[C@H]7[C@H](OC)[C@@H](OC)[C@@H](O[C@H]8[C@H](OC)[C@@H](OC)[C@@H](O[C@H]9[C@H](OC)[C@@H](OC)[C@@H](O[C@H]1[C@H](OC)[C@H]2OC)O[C@@H]9COC)O[C@@H]8COC)O[C@@H]7COC(c1ccccc1)(c1ccccc1)c1ccccc1)O[C@@H]6COC)O[C@@H]5COC(c1ccccc1)(c1ccccc1)c1ccccc1)O[C@@H]4COC)O[C@@H]3COC. The summed E-state index contributed by atoms with van der Waals surface area (Å²) < 4.78 is 275. The summed E-state index contributed by atoms with van der Waals surface area (Å²) >= 11 is 0. The predicted octanol–water partition coefficient (Wildman–Crippen LogP) is 7.02. The Morgan fingerprint density at radius 1 is 0.149 bits per heavy atom. The van der Waals surface area contributed by atoms with E-state index in [4.69, 9.17) is 189 Å². The second-order valence-electron chi connectivity index (χ2n) is 37.3. The van der Waals surface area contributed by atoms with Crippen molar-refractivity contribution in [1.82, 2.24) is 0 Å². The lowest BCUT2D eigenvalue weighted by atomic mass is 9.80. The molecule has 0 saturated carbocycles. The molecule has 30 heterocycles. The summed E-state index contributed by atoms with van der Waals surface area (Å²) in [6.07, 6.45) is -46.6. The third kappa shape index (κ3) is 24.4. The molecule has 36 rings (SSSR count). The maximum Gasteiger partial charge on any atom is 0.187 e. The summed E-state index contributed by atoms with van der Waals surface area (Å²) in [4.78, 5) is 0. The molecule has 148 heavy (non-hydrogen) atoms. The number of hydrogen-bond donors (Lipinski definition) is 0. The molecule has 0 unspecified atom stereocenters. The summed E-state index contributed by atoms with van der Waals surface area (Å²) in [6.45, 7) is -1.18. The molecule has 824 valence electrons. The van der Waals surface area contributed by atoms with Gasteiger partial charge in [-0.05, 0) is 33.4 Å². The zero-order valence-corrected chi connectivity index (χ0v) is 88.4. The molecule has 30 saturated heterocycles. The topological polar surface area (TPSA) is 369 Å². The number of ether oxygens (including phenoxy) is 40. The van der Waals surface area contributed by atoms with Crippen LogP contribution >= 0.6 is 0 Å². The first kappa shape index (κ1) is 116. The molecule has 40 atom stereocenters. The van der Waals surface area contributed by atoms with Gasteiger partial charge in [0.2, 0.25) is 0 Å². The lowest BCUT2D eigenvalue weighted by molar-refractivity contribution is -0.410. The van der Waals surface area contributed by atoms with Crippen LogP contribution in [0.15, 0.2) is 182 Å². The number of benzene rings is 6. The quantitative estimate of drug-likeness (QED) is 0.0349. The lowest BCUT2D eigenvalue weighted by Gasteiger charge is -2.53. The molecule has 16 bridgehead atoms. The monoisotopic (exact) mass is 2090 g/mol. The highest BCUT2D eigenvalue weighted by Gasteiger charge is 2.64. The van der Waals surface area contributed by atoms with Crippen LogP contribution in [0, 0.1) is 0 Å². The number of methoxy groups -OCH3 is 22. The van der Waals surface area contributed by atoms with Gasteiger partial charge in [-0.25, -0.2) is 0 Å². The molecule has 40 nitrogen and oxygen atoms in total. The summed E-state index contributed by atoms with van der Waals surface area (Å²) in [6, 6.07) is 59.5. The maximum atomic E-state index is 7.79. The Balaban J connectivity index is 0.862. The Hall–Kier alpha value is -6.28. The van der Waals surface area contributed by atoms with Crippen molar-refractivity contribution in [3.8, 4) is 0 Å². The van der Waals surface area contributed by atoms with Crippen LogP contribution in [0.1, 0.15) is 33.4 Å². The minimum absolute atomic E-state index is 0.0872. The lowest BCUT2D eigenvalue weighted by Crippen LogP contribution is -2.70. The molecule has 40 heteroatoms. The predicted molar refractivity (Wildman–Crippen MR) is 523 cm³/mol. The fourth-order valence-corrected chi connectivity index (χ4v) is 22.6. The summed E-state index contributed by atoms with van der Waals surface area (Å²) in [5.74, 6) is 0. The second-order valence-corrected chi connectivity index (χ2v) is 37.3. The molecule has 0 aliphatic carbocycles. The van der Waals surface area contributed by atoms with Crippen molar-refractivity contribution in [2.24, 2.45) is 0 Å². The van der Waals surface area contributed by atoms with Gasteiger partial charge in [-0.15, -0.1) is 0 Å². The smallest absolute Gasteiger partial charge is 0.187 e. The van der Waals surface area contributed by atoms with Crippen LogP contribution in [0.3, 0.4) is 0 Å². The van der Waals surface area contributed by atoms with Crippen LogP contribution in [0.4, 0.5) is 0 Å². The van der Waals surface area contributed by atoms with E-state index in [-0.39, 0.29) is 52.9 Å². The third-order valence-corrected chi connectivity index (χ3v) is 29.4. The normalized spacial score (nSPS) is 37.8. The zero-order valence-electron chi connectivity index (χ0n) is 88.4. The molecule has 0 spiro atoms. The fraction of sp³-hybridized carbons (Fsp3) is 0.667. The van der Waals surface area contributed by atoms with Crippen LogP contribution in [0.5, 0.6) is 0 Å². The molecule has 30 aliphatic rings. The minimum atomic E-state index is -1.43. The summed E-state index contributed by atoms with van der Waals surface area (Å²) in [5, 5.41) is 0. The first-order chi connectivity index (χ1) is 72.4. The van der Waals surface area contributed by atoms with E-state index in [0.717, 1.165) is 33.4 Å². The van der Waals surface area contributed by atoms with Gasteiger partial charge in [0.15, 0.2) is 50.3 Å². The van der Waals surface area contributed by atoms with Crippen molar-refractivity contribution in [1.29, 1.82) is 0 Å². The standard InChI is InChI=1S/C108H152O40/c1-109-53-67-75-83(115-7)91(123-15)99(133-67)142-76-68(54-110-2)135-101(93(125-17)84(76)116-8)144-78-70(56-112-4)137-103(95(127-19)86(78)118-10)147-81-73(59-131-107(61-41-29-23-30-42-61,62-43-31-24-32-44-62)63-45-33-25-34-46-63)140-106(98(130-22)89(81)121-13)146-80-72(58-114-6)138-104(96(128-20)88(80)120-12)148-82-74(60-132-108(64-47-35-26-36-48-64,65-49-37-27-38-50-65)66-51-39-28-40-52-66)139-105(97(129-21)90(82)122-14)145-79-71(57-113-5)136-102(94(126-18)87(79)119-11)143-77-69(55-111-3)134-100(141-75)92(124-16)85(77)117-9/h23-52,67-106H,53-60H2,1-22H3/t67-,68-,69-,70-,71-,72-,73-,74-,75-,76-,77-,78-,79-,80-,81-,82-,83+,84+,85+,86+,87+,88+,89+,90+,91-,92-,93-,94-,95-,96-,97-,98-,99-,100-,101-,102-,103-,104-,105-,106-/m1/s1. The maximum absolute atomic E-state index is 7.79. The van der Waals surface area contributed by atoms with Crippen molar-refractivity contribution >= 4 is 0 Å². The molecule has 6 aromatic rings. The third-order valence-electron chi connectivity index (χ3n) is 29.4. The Bertz CT molecular complexity index is 4410. The van der Waals surface area contributed by atoms with Gasteiger partial charge in [-0.3, -0.25) is 0 Å². The summed E-state index contributed by atoms with van der Waals surface area (Å²) in [7, 11) is 33.4. The Labute approximate surface area is 866 Å². The summed E-state index contributed by atoms with van der Waals surface area (Å²) in [5.41, 5.74) is 2.02. The molecule has 30 aliphatic heterocycles. The minimum Gasteiger partial charge on any atom is -0.382 e. The number of hydrogen-bond acceptors (Lipinski definition) is 40. The average molecular weight is 2090 g/mol. The van der Waals surface area contributed by atoms with E-state index in [1.807, 2.05) is 182 Å². The van der Waals surface area contributed by atoms with Crippen LogP contribution < -0.4 is 0 Å². The Kier molecular flexibility index (Phi) is 43.7. The Morgan fingerprint density at radius 3 is 0.372 bits per heavy atom. The van der Waals surface area contributed by atoms with Gasteiger partial charge in [-0.1, -0.05) is 182 Å². The molecule has 0 amide bonds. The van der Waals surface area contributed by atoms with Crippen molar-refractivity contribution in [3.05, 3.63) is 215 Å². The first-order valence-electron chi connectivity index (χ1n) is 49.9. The number of rotatable bonds is 40. The van der Waals surface area contributed by atoms with E-state index in [1.165, 1.54) is 149 Å². The fourth-order valence-electron chi connectivity index (χ4n) is 22.6. The molecular formula is C108H152O40. The van der Waals surface area contributed by atoms with E-state index in [2.05, 4.69) is 0 Å². The van der Waals surface area contributed by atoms with Crippen LogP contribution in [0.2, 0.25) is 0 Å². The highest BCUT2D eigenvalue weighted by Crippen LogP contribution is 2.49. The van der Waals surface area contributed by atoms with Gasteiger partial charge in [-0.2, -0.15) is 0 Å². The molecule has 30 fully saturated rings. The molecule has 0 radical (unpaired) electrons. The van der Waals surface area contributed by atoms with Gasteiger partial charge >= 0.3 is 0 Å². The van der Waals surface area contributed by atoms with Gasteiger partial charge in [0.1, 0.15) is 207 Å². The van der Waals surface area contributed by atoms with E-state index >= 15 is 0 Å². The van der Waals surface area contributed by atoms with Gasteiger partial charge in [0.05, 0.1) is 52.9 Å². The second kappa shape index (κ2) is 55.9. The van der Waals surface area contributed by atoms with Gasteiger partial charge in [0.25, 0.3) is 0 Å². The highest BCUT2D eigenvalue weighted by atomic mass is 16.8. The zero-order chi connectivity index (χ0) is 105. The van der Waals surface area contributed by atoms with Crippen LogP contribution in [0.25, 0.3) is 0 Å². The van der Waals surface area contributed by atoms with Gasteiger partial charge in [0, 0.05) is 156 Å². The highest BCUT2D eigenvalue weighted by molar-refractivity contribution is 5.49. The van der Waals surface area contributed by atoms with E-state index in [9.17, 15) is 0 Å². The van der Waals surface area contributed by atoms with E-state index in [0.29, 0.717) is 0 Å². The van der Waals surface area contributed by atoms with Gasteiger partial charge < -0.3 is 189 Å². The van der Waals surface area contributed by atoms with Crippen molar-refractivity contribution in [2.45, 2.75) is 257 Å². The average Bonchev–Trinajstić information content (AvgIpc) is 0.756. The van der Waals surface area contributed by atoms with E-state index < -0.39 is 257 Å². The van der Waals surface area contributed by atoms with Crippen molar-refractivity contribution in [2.75, 3.05) is 209 Å². The van der Waals surface area contributed by atoms with Crippen LogP contribution in [-0.4, -0.2) is 455 Å². The van der Waals surface area contributed by atoms with Crippen molar-refractivity contribution < 1.29 is 189 Å². The molecular weight excluding hydrogens is 1940 g/mol. The van der Waals surface area contributed by atoms with E-state index in [1.54, 1.807) is 7.11 Å². The molecule has 6 aromatic carbocycles. The largest absolute Gasteiger partial charge is 0.382 e. The first-order valence-corrected chi connectivity index (χ1v) is 49.9.